The molecule has 5 nitrogen and oxygen atoms in total. The first-order valence-corrected chi connectivity index (χ1v) is 9.68. The Balaban J connectivity index is 1.55. The Labute approximate surface area is 154 Å². The predicted octanol–water partition coefficient (Wildman–Crippen LogP) is 3.70. The number of benzene rings is 1. The SMILES string of the molecule is CCN(Cc1ccc(Cl)cc1)Cc1cc(=O)n2nc(C3CC3)sc2n1. The Kier molecular flexibility index (Phi) is 4.58. The van der Waals surface area contributed by atoms with Gasteiger partial charge in [-0.2, -0.15) is 9.61 Å². The minimum atomic E-state index is -0.0919. The number of hydrogen-bond donors (Lipinski definition) is 0. The Hall–Kier alpha value is -1.76. The van der Waals surface area contributed by atoms with E-state index in [0.717, 1.165) is 28.8 Å². The Morgan fingerprint density at radius 2 is 2.04 bits per heavy atom. The van der Waals surface area contributed by atoms with E-state index in [9.17, 15) is 4.79 Å². The first kappa shape index (κ1) is 16.7. The summed E-state index contributed by atoms with van der Waals surface area (Å²) in [5, 5.41) is 6.20. The molecule has 7 heteroatoms. The summed E-state index contributed by atoms with van der Waals surface area (Å²) >= 11 is 7.49. The van der Waals surface area contributed by atoms with E-state index >= 15 is 0 Å². The standard InChI is InChI=1S/C18H19ClN4OS/c1-2-22(10-12-3-7-14(19)8-4-12)11-15-9-16(24)23-18(20-15)25-17(21-23)13-5-6-13/h3-4,7-9,13H,2,5-6,10-11H2,1H3. The first-order valence-electron chi connectivity index (χ1n) is 8.49. The first-order chi connectivity index (χ1) is 12.1. The molecule has 0 bridgehead atoms. The van der Waals surface area contributed by atoms with E-state index in [4.69, 9.17) is 11.6 Å². The van der Waals surface area contributed by atoms with Crippen molar-refractivity contribution in [2.24, 2.45) is 0 Å². The van der Waals surface area contributed by atoms with Crippen molar-refractivity contribution in [1.29, 1.82) is 0 Å². The maximum Gasteiger partial charge on any atom is 0.275 e. The molecule has 0 atom stereocenters. The third-order valence-corrected chi connectivity index (χ3v) is 5.72. The summed E-state index contributed by atoms with van der Waals surface area (Å²) in [5.41, 5.74) is 1.90. The zero-order valence-electron chi connectivity index (χ0n) is 14.0. The van der Waals surface area contributed by atoms with Gasteiger partial charge in [-0.3, -0.25) is 9.69 Å². The molecular formula is C18H19ClN4OS. The molecule has 0 N–H and O–H groups in total. The lowest BCUT2D eigenvalue weighted by atomic mass is 10.2. The molecule has 0 radical (unpaired) electrons. The molecule has 1 aliphatic carbocycles. The smallest absolute Gasteiger partial charge is 0.275 e. The predicted molar refractivity (Wildman–Crippen MR) is 100 cm³/mol. The number of halogens is 1. The van der Waals surface area contributed by atoms with Crippen molar-refractivity contribution in [2.45, 2.75) is 38.8 Å². The topological polar surface area (TPSA) is 50.5 Å². The van der Waals surface area contributed by atoms with Gasteiger partial charge in [0.15, 0.2) is 0 Å². The van der Waals surface area contributed by atoms with E-state index in [-0.39, 0.29) is 5.56 Å². The van der Waals surface area contributed by atoms with Crippen molar-refractivity contribution in [3.8, 4) is 0 Å². The quantitative estimate of drug-likeness (QED) is 0.660. The number of hydrogen-bond acceptors (Lipinski definition) is 5. The highest BCUT2D eigenvalue weighted by molar-refractivity contribution is 7.16. The minimum Gasteiger partial charge on any atom is -0.294 e. The van der Waals surface area contributed by atoms with Crippen molar-refractivity contribution in [1.82, 2.24) is 19.5 Å². The second kappa shape index (κ2) is 6.86. The Bertz CT molecular complexity index is 946. The zero-order chi connectivity index (χ0) is 17.4. The highest BCUT2D eigenvalue weighted by atomic mass is 35.5. The number of nitrogens with zero attached hydrogens (tertiary/aromatic N) is 4. The van der Waals surface area contributed by atoms with Gasteiger partial charge in [0.2, 0.25) is 4.96 Å². The van der Waals surface area contributed by atoms with Crippen LogP contribution in [-0.4, -0.2) is 26.0 Å². The fraction of sp³-hybridized carbons (Fsp3) is 0.389. The second-order valence-corrected chi connectivity index (χ2v) is 7.85. The number of rotatable bonds is 6. The maximum atomic E-state index is 12.4. The summed E-state index contributed by atoms with van der Waals surface area (Å²) < 4.78 is 1.44. The van der Waals surface area contributed by atoms with Crippen LogP contribution in [0.5, 0.6) is 0 Å². The lowest BCUT2D eigenvalue weighted by Crippen LogP contribution is -2.25. The summed E-state index contributed by atoms with van der Waals surface area (Å²) in [4.78, 5) is 20.0. The van der Waals surface area contributed by atoms with Crippen LogP contribution in [0.1, 0.15) is 41.9 Å². The van der Waals surface area contributed by atoms with Crippen LogP contribution >= 0.6 is 22.9 Å². The van der Waals surface area contributed by atoms with Crippen LogP contribution in [-0.2, 0) is 13.1 Å². The summed E-state index contributed by atoms with van der Waals surface area (Å²) in [7, 11) is 0. The molecule has 1 aromatic carbocycles. The molecule has 130 valence electrons. The van der Waals surface area contributed by atoms with Gasteiger partial charge in [0.25, 0.3) is 5.56 Å². The van der Waals surface area contributed by atoms with Gasteiger partial charge < -0.3 is 0 Å². The lowest BCUT2D eigenvalue weighted by molar-refractivity contribution is 0.268. The van der Waals surface area contributed by atoms with Crippen molar-refractivity contribution in [3.05, 3.63) is 62.0 Å². The molecule has 0 aliphatic heterocycles. The molecule has 2 aromatic heterocycles. The summed E-state index contributed by atoms with van der Waals surface area (Å²) in [5.74, 6) is 0.534. The van der Waals surface area contributed by atoms with Gasteiger partial charge in [0.1, 0.15) is 5.01 Å². The molecule has 2 heterocycles. The van der Waals surface area contributed by atoms with Gasteiger partial charge in [-0.15, -0.1) is 0 Å². The molecule has 0 amide bonds. The van der Waals surface area contributed by atoms with Crippen LogP contribution in [0.15, 0.2) is 35.1 Å². The maximum absolute atomic E-state index is 12.4. The van der Waals surface area contributed by atoms with Gasteiger partial charge in [0, 0.05) is 30.1 Å². The minimum absolute atomic E-state index is 0.0919. The highest BCUT2D eigenvalue weighted by Gasteiger charge is 2.28. The fourth-order valence-corrected chi connectivity index (χ4v) is 4.02. The molecule has 25 heavy (non-hydrogen) atoms. The van der Waals surface area contributed by atoms with Crippen molar-refractivity contribution in [2.75, 3.05) is 6.54 Å². The molecule has 3 aromatic rings. The second-order valence-electron chi connectivity index (χ2n) is 6.42. The molecule has 0 unspecified atom stereocenters. The molecule has 1 aliphatic rings. The van der Waals surface area contributed by atoms with Crippen molar-refractivity contribution >= 4 is 27.9 Å². The van der Waals surface area contributed by atoms with E-state index in [1.165, 1.54) is 22.9 Å². The zero-order valence-corrected chi connectivity index (χ0v) is 15.6. The summed E-state index contributed by atoms with van der Waals surface area (Å²) in [6.07, 6.45) is 2.35. The third-order valence-electron chi connectivity index (χ3n) is 4.39. The van der Waals surface area contributed by atoms with Crippen molar-refractivity contribution in [3.63, 3.8) is 0 Å². The Morgan fingerprint density at radius 3 is 2.72 bits per heavy atom. The van der Waals surface area contributed by atoms with Crippen LogP contribution in [0.2, 0.25) is 5.02 Å². The van der Waals surface area contributed by atoms with Gasteiger partial charge in [-0.1, -0.05) is 42.0 Å². The monoisotopic (exact) mass is 374 g/mol. The van der Waals surface area contributed by atoms with Crippen LogP contribution in [0.4, 0.5) is 0 Å². The van der Waals surface area contributed by atoms with Crippen LogP contribution in [0, 0.1) is 0 Å². The van der Waals surface area contributed by atoms with Gasteiger partial charge in [-0.05, 0) is 37.1 Å². The summed E-state index contributed by atoms with van der Waals surface area (Å²) in [6.45, 7) is 4.42. The van der Waals surface area contributed by atoms with E-state index in [2.05, 4.69) is 21.9 Å². The Morgan fingerprint density at radius 1 is 1.28 bits per heavy atom. The number of aromatic nitrogens is 3. The van der Waals surface area contributed by atoms with Gasteiger partial charge >= 0.3 is 0 Å². The highest BCUT2D eigenvalue weighted by Crippen LogP contribution is 2.41. The van der Waals surface area contributed by atoms with E-state index in [1.54, 1.807) is 17.4 Å². The summed E-state index contributed by atoms with van der Waals surface area (Å²) in [6, 6.07) is 9.47. The average Bonchev–Trinajstić information content (AvgIpc) is 3.36. The van der Waals surface area contributed by atoms with E-state index in [0.29, 0.717) is 17.4 Å². The van der Waals surface area contributed by atoms with E-state index < -0.39 is 0 Å². The van der Waals surface area contributed by atoms with Crippen LogP contribution in [0.25, 0.3) is 4.96 Å². The lowest BCUT2D eigenvalue weighted by Gasteiger charge is -2.20. The molecule has 0 saturated heterocycles. The molecule has 0 spiro atoms. The molecule has 1 saturated carbocycles. The van der Waals surface area contributed by atoms with Crippen LogP contribution in [0.3, 0.4) is 0 Å². The van der Waals surface area contributed by atoms with Gasteiger partial charge in [-0.25, -0.2) is 4.98 Å². The fourth-order valence-electron chi connectivity index (χ4n) is 2.80. The van der Waals surface area contributed by atoms with Crippen LogP contribution < -0.4 is 5.56 Å². The third kappa shape index (κ3) is 3.76. The molecule has 1 fully saturated rings. The molecular weight excluding hydrogens is 356 g/mol. The number of fused-ring (bicyclic) bond motifs is 1. The van der Waals surface area contributed by atoms with Gasteiger partial charge in [0.05, 0.1) is 5.69 Å². The molecule has 4 rings (SSSR count). The van der Waals surface area contributed by atoms with E-state index in [1.807, 2.05) is 24.3 Å². The normalized spacial score (nSPS) is 14.5. The van der Waals surface area contributed by atoms with Crippen molar-refractivity contribution < 1.29 is 0 Å². The largest absolute Gasteiger partial charge is 0.294 e. The average molecular weight is 375 g/mol.